The molecule has 0 bridgehead atoms. The van der Waals surface area contributed by atoms with Crippen molar-refractivity contribution in [2.45, 2.75) is 48.5 Å². The highest BCUT2D eigenvalue weighted by Gasteiger charge is 2.14. The Morgan fingerprint density at radius 3 is 1.73 bits per heavy atom. The SMILES string of the molecule is CC.CC.CC.Cc1ccc(-c2ccc(-c3cccs3)c3nsnc23)s1. The van der Waals surface area contributed by atoms with Gasteiger partial charge in [-0.15, -0.1) is 22.7 Å². The van der Waals surface area contributed by atoms with Crippen molar-refractivity contribution in [3.63, 3.8) is 0 Å². The minimum atomic E-state index is 1.01. The van der Waals surface area contributed by atoms with Crippen LogP contribution in [0.4, 0.5) is 0 Å². The van der Waals surface area contributed by atoms with Gasteiger partial charge in [-0.3, -0.25) is 0 Å². The maximum atomic E-state index is 4.52. The molecule has 0 amide bonds. The zero-order chi connectivity index (χ0) is 19.5. The Balaban J connectivity index is 0.000000515. The number of thiophene rings is 2. The van der Waals surface area contributed by atoms with Crippen molar-refractivity contribution in [3.05, 3.63) is 46.7 Å². The second kappa shape index (κ2) is 11.9. The van der Waals surface area contributed by atoms with Gasteiger partial charge in [0.05, 0.1) is 11.7 Å². The van der Waals surface area contributed by atoms with Crippen LogP contribution in [0.5, 0.6) is 0 Å². The number of fused-ring (bicyclic) bond motifs is 1. The van der Waals surface area contributed by atoms with Gasteiger partial charge in [0.1, 0.15) is 11.0 Å². The average molecular weight is 405 g/mol. The molecule has 5 heteroatoms. The van der Waals surface area contributed by atoms with Gasteiger partial charge in [0.25, 0.3) is 0 Å². The maximum absolute atomic E-state index is 4.52. The monoisotopic (exact) mass is 404 g/mol. The number of hydrogen-bond donors (Lipinski definition) is 0. The summed E-state index contributed by atoms with van der Waals surface area (Å²) in [5, 5.41) is 2.09. The van der Waals surface area contributed by atoms with Crippen LogP contribution in [-0.2, 0) is 0 Å². The largest absolute Gasteiger partial charge is 0.172 e. The lowest BCUT2D eigenvalue weighted by Gasteiger charge is -2.03. The highest BCUT2D eigenvalue weighted by atomic mass is 32.1. The van der Waals surface area contributed by atoms with Gasteiger partial charge in [0.2, 0.25) is 0 Å². The number of aromatic nitrogens is 2. The standard InChI is InChI=1S/C15H10N2S3.3C2H6/c1-9-4-7-13(19-9)11-6-5-10(12-3-2-8-18-12)14-15(11)17-20-16-14;3*1-2/h2-8H,1H3;3*1-2H3. The van der Waals surface area contributed by atoms with E-state index in [1.807, 2.05) is 41.5 Å². The number of nitrogens with zero attached hydrogens (tertiary/aromatic N) is 2. The van der Waals surface area contributed by atoms with Crippen LogP contribution in [0.25, 0.3) is 31.9 Å². The third kappa shape index (κ3) is 5.00. The van der Waals surface area contributed by atoms with Crippen molar-refractivity contribution in [1.29, 1.82) is 0 Å². The lowest BCUT2D eigenvalue weighted by Crippen LogP contribution is -1.81. The first-order valence-corrected chi connectivity index (χ1v) is 11.6. The first kappa shape index (κ1) is 22.5. The minimum absolute atomic E-state index is 1.01. The molecule has 0 saturated heterocycles. The third-order valence-corrected chi connectivity index (χ3v) is 5.67. The van der Waals surface area contributed by atoms with Gasteiger partial charge < -0.3 is 0 Å². The number of hydrogen-bond acceptors (Lipinski definition) is 5. The topological polar surface area (TPSA) is 25.8 Å². The Morgan fingerprint density at radius 1 is 0.692 bits per heavy atom. The summed E-state index contributed by atoms with van der Waals surface area (Å²) in [7, 11) is 0. The van der Waals surface area contributed by atoms with Crippen molar-refractivity contribution in [1.82, 2.24) is 8.75 Å². The second-order valence-corrected chi connectivity index (χ2v) is 7.27. The van der Waals surface area contributed by atoms with Gasteiger partial charge >= 0.3 is 0 Å². The maximum Gasteiger partial charge on any atom is 0.114 e. The van der Waals surface area contributed by atoms with Gasteiger partial charge in [0.15, 0.2) is 0 Å². The summed E-state index contributed by atoms with van der Waals surface area (Å²) in [5.41, 5.74) is 4.40. The Kier molecular flexibility index (Phi) is 10.3. The molecule has 4 aromatic rings. The molecule has 0 spiro atoms. The summed E-state index contributed by atoms with van der Waals surface area (Å²) in [6.45, 7) is 14.1. The quantitative estimate of drug-likeness (QED) is 0.334. The van der Waals surface area contributed by atoms with Crippen LogP contribution in [0.3, 0.4) is 0 Å². The van der Waals surface area contributed by atoms with Crippen molar-refractivity contribution in [2.24, 2.45) is 0 Å². The van der Waals surface area contributed by atoms with Gasteiger partial charge in [-0.05, 0) is 30.5 Å². The molecule has 3 aromatic heterocycles. The van der Waals surface area contributed by atoms with Crippen LogP contribution in [0.1, 0.15) is 46.4 Å². The molecule has 3 heterocycles. The molecule has 0 unspecified atom stereocenters. The lowest BCUT2D eigenvalue weighted by molar-refractivity contribution is 1.50. The highest BCUT2D eigenvalue weighted by Crippen LogP contribution is 2.38. The Hall–Kier alpha value is -1.56. The molecule has 0 fully saturated rings. The molecule has 0 aliphatic heterocycles. The van der Waals surface area contributed by atoms with Crippen LogP contribution in [-0.4, -0.2) is 8.75 Å². The third-order valence-electron chi connectivity index (χ3n) is 3.21. The Bertz CT molecular complexity index is 874. The predicted molar refractivity (Wildman–Crippen MR) is 123 cm³/mol. The molecule has 0 aliphatic carbocycles. The van der Waals surface area contributed by atoms with Gasteiger partial charge in [-0.1, -0.05) is 59.7 Å². The van der Waals surface area contributed by atoms with E-state index in [4.69, 9.17) is 0 Å². The minimum Gasteiger partial charge on any atom is -0.172 e. The number of benzene rings is 1. The first-order valence-electron chi connectivity index (χ1n) is 9.19. The van der Waals surface area contributed by atoms with E-state index in [0.717, 1.165) is 11.0 Å². The Labute approximate surface area is 169 Å². The fraction of sp³-hybridized carbons (Fsp3) is 0.333. The van der Waals surface area contributed by atoms with E-state index in [2.05, 4.69) is 57.4 Å². The molecule has 0 atom stereocenters. The molecule has 1 aromatic carbocycles. The van der Waals surface area contributed by atoms with Crippen LogP contribution < -0.4 is 0 Å². The van der Waals surface area contributed by atoms with E-state index in [9.17, 15) is 0 Å². The zero-order valence-electron chi connectivity index (χ0n) is 16.7. The van der Waals surface area contributed by atoms with Crippen molar-refractivity contribution in [2.75, 3.05) is 0 Å². The highest BCUT2D eigenvalue weighted by molar-refractivity contribution is 7.15. The fourth-order valence-corrected chi connectivity index (χ4v) is 4.50. The van der Waals surface area contributed by atoms with Crippen LogP contribution in [0.2, 0.25) is 0 Å². The van der Waals surface area contributed by atoms with Gasteiger partial charge in [-0.2, -0.15) is 8.75 Å². The van der Waals surface area contributed by atoms with Gasteiger partial charge in [-0.25, -0.2) is 0 Å². The van der Waals surface area contributed by atoms with E-state index >= 15 is 0 Å². The smallest absolute Gasteiger partial charge is 0.114 e. The van der Waals surface area contributed by atoms with Crippen LogP contribution in [0.15, 0.2) is 41.8 Å². The van der Waals surface area contributed by atoms with E-state index < -0.39 is 0 Å². The van der Waals surface area contributed by atoms with Crippen molar-refractivity contribution < 1.29 is 0 Å². The number of rotatable bonds is 2. The average Bonchev–Trinajstić information content (AvgIpc) is 3.47. The molecular formula is C21H28N2S3. The van der Waals surface area contributed by atoms with E-state index in [1.54, 1.807) is 22.7 Å². The van der Waals surface area contributed by atoms with Crippen LogP contribution >= 0.6 is 34.4 Å². The molecule has 2 nitrogen and oxygen atoms in total. The van der Waals surface area contributed by atoms with E-state index in [1.165, 1.54) is 37.5 Å². The molecule has 0 aliphatic rings. The molecule has 0 N–H and O–H groups in total. The molecule has 26 heavy (non-hydrogen) atoms. The lowest BCUT2D eigenvalue weighted by atomic mass is 10.1. The molecule has 140 valence electrons. The number of aryl methyl sites for hydroxylation is 1. The zero-order valence-corrected chi connectivity index (χ0v) is 19.1. The second-order valence-electron chi connectivity index (χ2n) is 4.51. The predicted octanol–water partition coefficient (Wildman–Crippen LogP) is 8.54. The van der Waals surface area contributed by atoms with Crippen LogP contribution in [0, 0.1) is 6.92 Å². The summed E-state index contributed by atoms with van der Waals surface area (Å²) in [4.78, 5) is 3.83. The molecular weight excluding hydrogens is 376 g/mol. The first-order chi connectivity index (χ1) is 12.8. The summed E-state index contributed by atoms with van der Waals surface area (Å²) in [6, 6.07) is 12.9. The normalized spacial score (nSPS) is 9.35. The summed E-state index contributed by atoms with van der Waals surface area (Å²) in [5.74, 6) is 0. The molecule has 0 saturated carbocycles. The van der Waals surface area contributed by atoms with E-state index in [-0.39, 0.29) is 0 Å². The van der Waals surface area contributed by atoms with Gasteiger partial charge in [0, 0.05) is 25.8 Å². The summed E-state index contributed by atoms with van der Waals surface area (Å²) < 4.78 is 9.03. The summed E-state index contributed by atoms with van der Waals surface area (Å²) >= 11 is 4.83. The van der Waals surface area contributed by atoms with Crippen molar-refractivity contribution >= 4 is 45.4 Å². The summed E-state index contributed by atoms with van der Waals surface area (Å²) in [6.07, 6.45) is 0. The molecule has 0 radical (unpaired) electrons. The molecule has 4 rings (SSSR count). The fourth-order valence-electron chi connectivity index (χ4n) is 2.28. The van der Waals surface area contributed by atoms with E-state index in [0.29, 0.717) is 0 Å². The van der Waals surface area contributed by atoms with Crippen molar-refractivity contribution in [3.8, 4) is 20.9 Å². The Morgan fingerprint density at radius 2 is 1.27 bits per heavy atom.